The number of carbonyl (C=O) groups is 1. The van der Waals surface area contributed by atoms with Crippen molar-refractivity contribution < 1.29 is 9.18 Å². The first-order valence-electron chi connectivity index (χ1n) is 8.49. The predicted octanol–water partition coefficient (Wildman–Crippen LogP) is 4.25. The Kier molecular flexibility index (Phi) is 5.41. The van der Waals surface area contributed by atoms with Crippen molar-refractivity contribution in [2.75, 3.05) is 5.32 Å². The minimum atomic E-state index is -0.522. The summed E-state index contributed by atoms with van der Waals surface area (Å²) in [7, 11) is 0. The third kappa shape index (κ3) is 4.08. The van der Waals surface area contributed by atoms with E-state index in [0.29, 0.717) is 15.7 Å². The van der Waals surface area contributed by atoms with E-state index in [0.717, 1.165) is 16.6 Å². The van der Waals surface area contributed by atoms with Crippen molar-refractivity contribution in [1.82, 2.24) is 9.55 Å². The van der Waals surface area contributed by atoms with Crippen LogP contribution in [-0.2, 0) is 11.3 Å². The molecule has 140 valence electrons. The van der Waals surface area contributed by atoms with Gasteiger partial charge in [-0.15, -0.1) is 0 Å². The number of hydrogen-bond acceptors (Lipinski definition) is 3. The van der Waals surface area contributed by atoms with Gasteiger partial charge in [0, 0.05) is 17.4 Å². The highest BCUT2D eigenvalue weighted by Crippen LogP contribution is 2.20. The lowest BCUT2D eigenvalue weighted by Gasteiger charge is -2.13. The van der Waals surface area contributed by atoms with Crippen molar-refractivity contribution in [2.45, 2.75) is 33.7 Å². The highest BCUT2D eigenvalue weighted by atomic mass is 79.9. The number of nitrogens with zero attached hydrogens (tertiary/aromatic N) is 2. The molecule has 3 rings (SSSR count). The summed E-state index contributed by atoms with van der Waals surface area (Å²) in [5, 5.41) is 2.54. The monoisotopic (exact) mass is 431 g/mol. The van der Waals surface area contributed by atoms with Gasteiger partial charge in [0.1, 0.15) is 11.5 Å². The van der Waals surface area contributed by atoms with Gasteiger partial charge in [0.15, 0.2) is 0 Å². The summed E-state index contributed by atoms with van der Waals surface area (Å²) in [5.74, 6) is -0.888. The van der Waals surface area contributed by atoms with Crippen molar-refractivity contribution >= 4 is 38.6 Å². The van der Waals surface area contributed by atoms with Crippen LogP contribution in [0.4, 0.5) is 10.1 Å². The molecule has 0 bridgehead atoms. The lowest BCUT2D eigenvalue weighted by molar-refractivity contribution is -0.116. The van der Waals surface area contributed by atoms with Gasteiger partial charge in [-0.25, -0.2) is 9.37 Å². The third-order valence-corrected chi connectivity index (χ3v) is 4.99. The topological polar surface area (TPSA) is 64.0 Å². The average Bonchev–Trinajstić information content (AvgIpc) is 2.60. The second-order valence-electron chi connectivity index (χ2n) is 6.50. The van der Waals surface area contributed by atoms with E-state index in [4.69, 9.17) is 0 Å². The Labute approximate surface area is 164 Å². The van der Waals surface area contributed by atoms with Gasteiger partial charge in [0.05, 0.1) is 16.7 Å². The first kappa shape index (κ1) is 19.2. The van der Waals surface area contributed by atoms with E-state index in [1.807, 2.05) is 26.0 Å². The molecule has 0 aliphatic rings. The molecule has 5 nitrogen and oxygen atoms in total. The molecular weight excluding hydrogens is 413 g/mol. The van der Waals surface area contributed by atoms with Gasteiger partial charge in [-0.2, -0.15) is 0 Å². The number of hydrogen-bond donors (Lipinski definition) is 1. The summed E-state index contributed by atoms with van der Waals surface area (Å²) >= 11 is 3.18. The van der Waals surface area contributed by atoms with Crippen LogP contribution in [0.5, 0.6) is 0 Å². The first-order valence-corrected chi connectivity index (χ1v) is 9.29. The number of aryl methyl sites for hydroxylation is 4. The van der Waals surface area contributed by atoms with Gasteiger partial charge < -0.3 is 9.88 Å². The molecule has 0 saturated carbocycles. The van der Waals surface area contributed by atoms with Crippen molar-refractivity contribution in [2.24, 2.45) is 0 Å². The van der Waals surface area contributed by atoms with Gasteiger partial charge in [-0.05, 0) is 62.2 Å². The maximum atomic E-state index is 13.9. The standard InChI is InChI=1S/C20H19BrFN3O2/c1-11-8-17-18(9-12(11)2)25(20(27)13(3)23-17)7-6-19(26)24-16-5-4-14(21)10-15(16)22/h4-5,8-10H,6-7H2,1-3H3,(H,24,26). The maximum Gasteiger partial charge on any atom is 0.272 e. The van der Waals surface area contributed by atoms with Crippen molar-refractivity contribution in [3.8, 4) is 0 Å². The fourth-order valence-corrected chi connectivity index (χ4v) is 3.20. The Morgan fingerprint density at radius 1 is 1.19 bits per heavy atom. The summed E-state index contributed by atoms with van der Waals surface area (Å²) in [6.07, 6.45) is 0.0425. The normalized spacial score (nSPS) is 11.0. The van der Waals surface area contributed by atoms with Crippen LogP contribution in [0.1, 0.15) is 23.2 Å². The number of rotatable bonds is 4. The lowest BCUT2D eigenvalue weighted by atomic mass is 10.1. The van der Waals surface area contributed by atoms with Gasteiger partial charge in [0.25, 0.3) is 5.56 Å². The number of nitrogens with one attached hydrogen (secondary N) is 1. The average molecular weight is 432 g/mol. The quantitative estimate of drug-likeness (QED) is 0.671. The van der Waals surface area contributed by atoms with E-state index >= 15 is 0 Å². The molecule has 0 aliphatic carbocycles. The third-order valence-electron chi connectivity index (χ3n) is 4.49. The zero-order valence-corrected chi connectivity index (χ0v) is 16.9. The molecule has 0 unspecified atom stereocenters. The van der Waals surface area contributed by atoms with Crippen LogP contribution in [0, 0.1) is 26.6 Å². The highest BCUT2D eigenvalue weighted by Gasteiger charge is 2.12. The second kappa shape index (κ2) is 7.60. The molecule has 0 aliphatic heterocycles. The largest absolute Gasteiger partial charge is 0.324 e. The summed E-state index contributed by atoms with van der Waals surface area (Å²) in [5.41, 5.74) is 3.80. The minimum absolute atomic E-state index is 0.0425. The Morgan fingerprint density at radius 2 is 1.89 bits per heavy atom. The highest BCUT2D eigenvalue weighted by molar-refractivity contribution is 9.10. The minimum Gasteiger partial charge on any atom is -0.324 e. The molecule has 2 aromatic carbocycles. The molecule has 1 amide bonds. The van der Waals surface area contributed by atoms with Gasteiger partial charge >= 0.3 is 0 Å². The van der Waals surface area contributed by atoms with Crippen molar-refractivity contribution in [3.05, 3.63) is 67.8 Å². The SMILES string of the molecule is Cc1cc2nc(C)c(=O)n(CCC(=O)Nc3ccc(Br)cc3F)c2cc1C. The van der Waals surface area contributed by atoms with Crippen molar-refractivity contribution in [1.29, 1.82) is 0 Å². The molecular formula is C20H19BrFN3O2. The zero-order valence-electron chi connectivity index (χ0n) is 15.3. The summed E-state index contributed by atoms with van der Waals surface area (Å²) in [6.45, 7) is 5.80. The molecule has 0 atom stereocenters. The van der Waals surface area contributed by atoms with Gasteiger partial charge in [-0.3, -0.25) is 9.59 Å². The molecule has 7 heteroatoms. The van der Waals surface area contributed by atoms with Gasteiger partial charge in [-0.1, -0.05) is 15.9 Å². The Hall–Kier alpha value is -2.54. The van der Waals surface area contributed by atoms with Crippen LogP contribution in [0.25, 0.3) is 11.0 Å². The van der Waals surface area contributed by atoms with E-state index in [9.17, 15) is 14.0 Å². The van der Waals surface area contributed by atoms with Crippen molar-refractivity contribution in [3.63, 3.8) is 0 Å². The van der Waals surface area contributed by atoms with Crippen LogP contribution < -0.4 is 10.9 Å². The summed E-state index contributed by atoms with van der Waals surface area (Å²) in [6, 6.07) is 8.26. The fraction of sp³-hybridized carbons (Fsp3) is 0.250. The van der Waals surface area contributed by atoms with E-state index < -0.39 is 5.82 Å². The Morgan fingerprint density at radius 3 is 2.59 bits per heavy atom. The Bertz CT molecular complexity index is 1110. The number of aromatic nitrogens is 2. The Balaban J connectivity index is 1.86. The van der Waals surface area contributed by atoms with Crippen LogP contribution >= 0.6 is 15.9 Å². The zero-order chi connectivity index (χ0) is 19.7. The molecule has 0 spiro atoms. The first-order chi connectivity index (χ1) is 12.8. The van der Waals surface area contributed by atoms with E-state index in [1.54, 1.807) is 17.6 Å². The molecule has 3 aromatic rings. The smallest absolute Gasteiger partial charge is 0.272 e. The number of carbonyl (C=O) groups excluding carboxylic acids is 1. The van der Waals surface area contributed by atoms with E-state index in [-0.39, 0.29) is 30.1 Å². The van der Waals surface area contributed by atoms with Crippen LogP contribution in [-0.4, -0.2) is 15.5 Å². The fourth-order valence-electron chi connectivity index (χ4n) is 2.86. The van der Waals surface area contributed by atoms with E-state index in [1.165, 1.54) is 12.1 Å². The number of anilines is 1. The maximum absolute atomic E-state index is 13.9. The second-order valence-corrected chi connectivity index (χ2v) is 7.42. The number of halogens is 2. The summed E-state index contributed by atoms with van der Waals surface area (Å²) < 4.78 is 16.0. The lowest BCUT2D eigenvalue weighted by Crippen LogP contribution is -2.26. The molecule has 1 heterocycles. The molecule has 0 saturated heterocycles. The molecule has 27 heavy (non-hydrogen) atoms. The van der Waals surface area contributed by atoms with Crippen LogP contribution in [0.3, 0.4) is 0 Å². The van der Waals surface area contributed by atoms with Gasteiger partial charge in [0.2, 0.25) is 5.91 Å². The van der Waals surface area contributed by atoms with Crippen LogP contribution in [0.2, 0.25) is 0 Å². The molecule has 1 aromatic heterocycles. The molecule has 0 fully saturated rings. The van der Waals surface area contributed by atoms with Crippen LogP contribution in [0.15, 0.2) is 39.6 Å². The predicted molar refractivity (Wildman–Crippen MR) is 108 cm³/mol. The number of benzene rings is 2. The molecule has 1 N–H and O–H groups in total. The van der Waals surface area contributed by atoms with E-state index in [2.05, 4.69) is 26.2 Å². The number of amides is 1. The summed E-state index contributed by atoms with van der Waals surface area (Å²) in [4.78, 5) is 29.2. The number of fused-ring (bicyclic) bond motifs is 1. The molecule has 0 radical (unpaired) electrons.